The Labute approximate surface area is 47.6 Å². The van der Waals surface area contributed by atoms with Crippen molar-refractivity contribution in [2.75, 3.05) is 7.11 Å². The van der Waals surface area contributed by atoms with E-state index in [1.807, 2.05) is 0 Å². The summed E-state index contributed by atoms with van der Waals surface area (Å²) in [6.45, 7) is 0. The number of methoxy groups -OCH3 is 1. The Hall–Kier alpha value is -0.220. The van der Waals surface area contributed by atoms with Gasteiger partial charge in [0.2, 0.25) is 0 Å². The van der Waals surface area contributed by atoms with Gasteiger partial charge in [-0.2, -0.15) is 0 Å². The van der Waals surface area contributed by atoms with Crippen LogP contribution in [0.5, 0.6) is 0 Å². The van der Waals surface area contributed by atoms with Gasteiger partial charge in [-0.15, -0.1) is 0 Å². The Bertz CT molecular complexity index is 114. The molecular weight excluding hydrogens is 135 g/mol. The van der Waals surface area contributed by atoms with Crippen molar-refractivity contribution < 1.29 is 24.2 Å². The summed E-state index contributed by atoms with van der Waals surface area (Å²) in [6.07, 6.45) is 0. The van der Waals surface area contributed by atoms with Gasteiger partial charge in [0.05, 0.1) is 7.11 Å². The molecule has 48 valence electrons. The van der Waals surface area contributed by atoms with Crippen molar-refractivity contribution in [1.82, 2.24) is 0 Å². The van der Waals surface area contributed by atoms with Crippen LogP contribution in [0.1, 0.15) is 0 Å². The van der Waals surface area contributed by atoms with Crippen LogP contribution in [0.4, 0.5) is 4.79 Å². The van der Waals surface area contributed by atoms with Crippen molar-refractivity contribution in [2.24, 2.45) is 0 Å². The Balaban J connectivity index is 3.97. The lowest BCUT2D eigenvalue weighted by atomic mass is 11.5. The molecule has 0 saturated heterocycles. The van der Waals surface area contributed by atoms with Gasteiger partial charge < -0.3 is 14.5 Å². The number of rotatable bonds is 2. The van der Waals surface area contributed by atoms with Gasteiger partial charge in [0.25, 0.3) is 1.43 Å². The molecule has 0 amide bonds. The van der Waals surface area contributed by atoms with Crippen LogP contribution in [0.3, 0.4) is 0 Å². The summed E-state index contributed by atoms with van der Waals surface area (Å²) >= 11 is 0. The molecule has 0 fully saturated rings. The maximum absolute atomic E-state index is 10.1. The predicted molar refractivity (Wildman–Crippen MR) is 21.5 cm³/mol. The lowest BCUT2D eigenvalue weighted by molar-refractivity contribution is -0.326. The fraction of sp³-hybridized carbons (Fsp3) is 0.500. The minimum atomic E-state index is -4.71. The molecule has 0 spiro atoms. The standard InChI is InChI=1S/C2H5O5P/c1-7-2(3)8(4,5)6/h1H3,(H2,4,5,6)/p-1/i/hD. The topological polar surface area (TPSA) is 92.6 Å². The van der Waals surface area contributed by atoms with Gasteiger partial charge in [0.15, 0.2) is 7.94 Å². The van der Waals surface area contributed by atoms with Crippen LogP contribution in [0.15, 0.2) is 0 Å². The highest BCUT2D eigenvalue weighted by atomic mass is 31.2. The fourth-order valence-corrected chi connectivity index (χ4v) is 0.335. The lowest BCUT2D eigenvalue weighted by Crippen LogP contribution is -2.28. The van der Waals surface area contributed by atoms with Crippen LogP contribution in [-0.2, 0) is 4.74 Å². The van der Waals surface area contributed by atoms with Gasteiger partial charge in [-0.25, -0.2) is 9.69 Å². The first kappa shape index (κ1) is 5.91. The molecule has 6 heteroatoms. The van der Waals surface area contributed by atoms with E-state index >= 15 is 0 Å². The van der Waals surface area contributed by atoms with E-state index in [0.29, 0.717) is 0 Å². The number of carbonyl (C=O) groups is 1. The maximum atomic E-state index is 10.1. The van der Waals surface area contributed by atoms with Crippen molar-refractivity contribution in [3.05, 3.63) is 0 Å². The average molecular weight is 140 g/mol. The summed E-state index contributed by atoms with van der Waals surface area (Å²) in [7, 11) is -3.83. The lowest BCUT2D eigenvalue weighted by Gasteiger charge is -2.21. The number of hydrogen-bond acceptors (Lipinski definition) is 5. The van der Waals surface area contributed by atoms with Gasteiger partial charge in [0.1, 0.15) is 0 Å². The predicted octanol–water partition coefficient (Wildman–Crippen LogP) is -1.77. The largest absolute Gasteiger partial charge is 0.650 e. The van der Waals surface area contributed by atoms with E-state index in [1.54, 1.807) is 0 Å². The Kier molecular flexibility index (Phi) is 1.75. The third kappa shape index (κ3) is 2.18. The monoisotopic (exact) mass is 140 g/mol. The van der Waals surface area contributed by atoms with Crippen LogP contribution in [0, 0.1) is 0 Å². The quantitative estimate of drug-likeness (QED) is 0.458. The summed E-state index contributed by atoms with van der Waals surface area (Å²) < 4.78 is 9.61. The van der Waals surface area contributed by atoms with Crippen LogP contribution in [-0.4, -0.2) is 19.1 Å². The molecule has 0 aromatic carbocycles. The molecule has 1 N–H and O–H groups in total. The van der Waals surface area contributed by atoms with Crippen molar-refractivity contribution in [3.63, 3.8) is 0 Å². The van der Waals surface area contributed by atoms with Crippen LogP contribution in [0.25, 0.3) is 0 Å². The molecule has 0 atom stereocenters. The third-order valence-electron chi connectivity index (χ3n) is 0.398. The second-order valence-electron chi connectivity index (χ2n) is 0.967. The molecule has 0 aliphatic carbocycles. The summed E-state index contributed by atoms with van der Waals surface area (Å²) in [5, 5.41) is 0. The third-order valence-corrected chi connectivity index (χ3v) is 1.03. The maximum Gasteiger partial charge on any atom is 0.470 e. The summed E-state index contributed by atoms with van der Waals surface area (Å²) in [5.41, 5.74) is -1.54. The van der Waals surface area contributed by atoms with Gasteiger partial charge >= 0.3 is 5.71 Å². The van der Waals surface area contributed by atoms with Crippen LogP contribution in [0.2, 0.25) is 0 Å². The minimum absolute atomic E-state index is 0.881. The highest BCUT2D eigenvalue weighted by Crippen LogP contribution is 2.35. The normalized spacial score (nSPS) is 12.6. The smallest absolute Gasteiger partial charge is 0.470 e. The van der Waals surface area contributed by atoms with E-state index in [1.165, 1.54) is 0 Å². The molecule has 0 radical (unpaired) electrons. The zero-order valence-corrected chi connectivity index (χ0v) is 4.88. The summed E-state index contributed by atoms with van der Waals surface area (Å²) in [4.78, 5) is 33.2. The molecule has 0 aromatic heterocycles. The first-order valence-electron chi connectivity index (χ1n) is 2.00. The molecule has 8 heavy (non-hydrogen) atoms. The van der Waals surface area contributed by atoms with Gasteiger partial charge in [0, 0.05) is 0 Å². The van der Waals surface area contributed by atoms with Gasteiger partial charge in [-0.3, -0.25) is 0 Å². The van der Waals surface area contributed by atoms with Crippen LogP contribution < -0.4 is 9.79 Å². The SMILES string of the molecule is [2H]O[P+]([O-])([O-])C(=O)OC. The molecule has 0 bridgehead atoms. The van der Waals surface area contributed by atoms with Crippen molar-refractivity contribution in [2.45, 2.75) is 0 Å². The Morgan fingerprint density at radius 3 is 2.62 bits per heavy atom. The molecule has 0 unspecified atom stereocenters. The van der Waals surface area contributed by atoms with Crippen molar-refractivity contribution >= 4 is 13.7 Å². The molecule has 0 heterocycles. The fourth-order valence-electron chi connectivity index (χ4n) is 0.112. The molecule has 0 aliphatic heterocycles. The molecule has 0 saturated carbocycles. The van der Waals surface area contributed by atoms with E-state index in [-0.39, 0.29) is 0 Å². The van der Waals surface area contributed by atoms with Gasteiger partial charge in [-0.05, 0) is 0 Å². The highest BCUT2D eigenvalue weighted by molar-refractivity contribution is 7.73. The molecule has 0 rings (SSSR count). The minimum Gasteiger partial charge on any atom is -0.650 e. The zero-order valence-electron chi connectivity index (χ0n) is 4.99. The number of carbonyl (C=O) groups excluding carboxylic acids is 1. The molecular formula is C2H4O5P-. The summed E-state index contributed by atoms with van der Waals surface area (Å²) in [5.74, 6) is 0. The Morgan fingerprint density at radius 1 is 2.00 bits per heavy atom. The highest BCUT2D eigenvalue weighted by Gasteiger charge is 2.21. The average Bonchev–Trinajstić information content (AvgIpc) is 1.86. The van der Waals surface area contributed by atoms with E-state index < -0.39 is 13.7 Å². The van der Waals surface area contributed by atoms with Crippen LogP contribution >= 0.6 is 7.94 Å². The van der Waals surface area contributed by atoms with Crippen molar-refractivity contribution in [1.29, 1.82) is 1.43 Å². The van der Waals surface area contributed by atoms with E-state index in [9.17, 15) is 14.6 Å². The van der Waals surface area contributed by atoms with E-state index in [2.05, 4.69) is 9.63 Å². The number of hydrogen-bond donors (Lipinski definition) is 1. The second kappa shape index (κ2) is 2.37. The summed E-state index contributed by atoms with van der Waals surface area (Å²) in [6, 6.07) is 0. The molecule has 0 aliphatic rings. The first-order chi connectivity index (χ1) is 4.04. The van der Waals surface area contributed by atoms with E-state index in [4.69, 9.17) is 1.43 Å². The second-order valence-corrected chi connectivity index (χ2v) is 2.33. The van der Waals surface area contributed by atoms with Gasteiger partial charge in [-0.1, -0.05) is 0 Å². The van der Waals surface area contributed by atoms with E-state index in [0.717, 1.165) is 7.11 Å². The molecule has 5 nitrogen and oxygen atoms in total. The Morgan fingerprint density at radius 2 is 2.50 bits per heavy atom. The van der Waals surface area contributed by atoms with Crippen molar-refractivity contribution in [3.8, 4) is 0 Å². The first-order valence-corrected chi connectivity index (χ1v) is 3.13. The molecule has 0 aromatic rings. The zero-order chi connectivity index (χ0) is 7.49. The number of ether oxygens (including phenoxy) is 1.